The van der Waals surface area contributed by atoms with E-state index in [0.29, 0.717) is 45.8 Å². The molecule has 3 rings (SSSR count). The van der Waals surface area contributed by atoms with Crippen molar-refractivity contribution in [3.63, 3.8) is 0 Å². The van der Waals surface area contributed by atoms with E-state index < -0.39 is 0 Å². The number of benzene rings is 3. The van der Waals surface area contributed by atoms with E-state index >= 15 is 0 Å². The van der Waals surface area contributed by atoms with Gasteiger partial charge in [-0.15, -0.1) is 0 Å². The molecule has 5 nitrogen and oxygen atoms in total. The van der Waals surface area contributed by atoms with Crippen molar-refractivity contribution in [2.24, 2.45) is 0 Å². The Labute approximate surface area is 205 Å². The molecule has 0 aromatic heterocycles. The summed E-state index contributed by atoms with van der Waals surface area (Å²) in [6.45, 7) is 2.75. The van der Waals surface area contributed by atoms with Gasteiger partial charge in [0, 0.05) is 37.9 Å². The van der Waals surface area contributed by atoms with Gasteiger partial charge in [-0.25, -0.2) is 4.79 Å². The Morgan fingerprint density at radius 1 is 1.00 bits per heavy atom. The minimum absolute atomic E-state index is 0.187. The number of halogens is 3. The zero-order valence-electron chi connectivity index (χ0n) is 17.6. The van der Waals surface area contributed by atoms with Gasteiger partial charge in [-0.2, -0.15) is 0 Å². The standard InChI is InChI=1S/C24H22BrCl2NO4/c1-3-31-24(29)15-7-9-16(10-8-15)28-13-17-19(25)11-12-22(30-2)23(17)32-14-18-20(26)5-4-6-21(18)27/h4-12,28H,3,13-14H2,1-2H3. The maximum Gasteiger partial charge on any atom is 0.338 e. The number of hydrogen-bond acceptors (Lipinski definition) is 5. The first kappa shape index (κ1) is 24.2. The molecule has 1 N–H and O–H groups in total. The van der Waals surface area contributed by atoms with E-state index in [0.717, 1.165) is 15.7 Å². The van der Waals surface area contributed by atoms with E-state index in [1.54, 1.807) is 44.4 Å². The largest absolute Gasteiger partial charge is 0.493 e. The SMILES string of the molecule is CCOC(=O)c1ccc(NCc2c(Br)ccc(OC)c2OCc2c(Cl)cccc2Cl)cc1. The lowest BCUT2D eigenvalue weighted by Crippen LogP contribution is -2.07. The predicted octanol–water partition coefficient (Wildman–Crippen LogP) is 7.13. The first-order valence-corrected chi connectivity index (χ1v) is 11.4. The van der Waals surface area contributed by atoms with Crippen LogP contribution in [0, 0.1) is 0 Å². The minimum atomic E-state index is -0.344. The van der Waals surface area contributed by atoms with Gasteiger partial charge in [0.15, 0.2) is 11.5 Å². The highest BCUT2D eigenvalue weighted by atomic mass is 79.9. The van der Waals surface area contributed by atoms with Gasteiger partial charge in [0.1, 0.15) is 6.61 Å². The maximum atomic E-state index is 11.8. The summed E-state index contributed by atoms with van der Waals surface area (Å²) in [4.78, 5) is 11.8. The van der Waals surface area contributed by atoms with E-state index in [2.05, 4.69) is 21.2 Å². The lowest BCUT2D eigenvalue weighted by Gasteiger charge is -2.18. The third-order valence-corrected chi connectivity index (χ3v) is 6.13. The van der Waals surface area contributed by atoms with Crippen molar-refractivity contribution >= 4 is 50.8 Å². The second-order valence-corrected chi connectivity index (χ2v) is 8.37. The highest BCUT2D eigenvalue weighted by Gasteiger charge is 2.16. The molecule has 0 fully saturated rings. The molecule has 0 aliphatic rings. The highest BCUT2D eigenvalue weighted by Crippen LogP contribution is 2.38. The van der Waals surface area contributed by atoms with Crippen molar-refractivity contribution in [2.75, 3.05) is 19.0 Å². The summed E-state index contributed by atoms with van der Waals surface area (Å²) in [7, 11) is 1.59. The van der Waals surface area contributed by atoms with Crippen LogP contribution in [-0.2, 0) is 17.9 Å². The van der Waals surface area contributed by atoms with E-state index in [1.165, 1.54) is 0 Å². The Hall–Kier alpha value is -2.41. The number of hydrogen-bond donors (Lipinski definition) is 1. The van der Waals surface area contributed by atoms with E-state index in [-0.39, 0.29) is 12.6 Å². The smallest absolute Gasteiger partial charge is 0.338 e. The van der Waals surface area contributed by atoms with Crippen LogP contribution in [0.4, 0.5) is 5.69 Å². The van der Waals surface area contributed by atoms with Crippen LogP contribution in [0.25, 0.3) is 0 Å². The molecule has 168 valence electrons. The van der Waals surface area contributed by atoms with Crippen LogP contribution < -0.4 is 14.8 Å². The number of anilines is 1. The number of ether oxygens (including phenoxy) is 3. The molecule has 0 saturated heterocycles. The van der Waals surface area contributed by atoms with Crippen LogP contribution >= 0.6 is 39.1 Å². The summed E-state index contributed by atoms with van der Waals surface area (Å²) >= 11 is 16.2. The molecule has 32 heavy (non-hydrogen) atoms. The fourth-order valence-electron chi connectivity index (χ4n) is 3.01. The summed E-state index contributed by atoms with van der Waals surface area (Å²) in [6.07, 6.45) is 0. The highest BCUT2D eigenvalue weighted by molar-refractivity contribution is 9.10. The molecule has 0 radical (unpaired) electrons. The molecule has 0 aliphatic heterocycles. The van der Waals surface area contributed by atoms with E-state index in [4.69, 9.17) is 37.4 Å². The maximum absolute atomic E-state index is 11.8. The van der Waals surface area contributed by atoms with Crippen molar-refractivity contribution in [3.05, 3.63) is 85.8 Å². The molecule has 8 heteroatoms. The Morgan fingerprint density at radius 3 is 2.31 bits per heavy atom. The Bertz CT molecular complexity index is 1070. The summed E-state index contributed by atoms with van der Waals surface area (Å²) in [5, 5.41) is 4.41. The van der Waals surface area contributed by atoms with E-state index in [1.807, 2.05) is 24.3 Å². The summed E-state index contributed by atoms with van der Waals surface area (Å²) in [6, 6.07) is 16.1. The summed E-state index contributed by atoms with van der Waals surface area (Å²) in [5.41, 5.74) is 2.90. The topological polar surface area (TPSA) is 56.8 Å². The molecule has 0 aliphatic carbocycles. The number of nitrogens with one attached hydrogen (secondary N) is 1. The fraction of sp³-hybridized carbons (Fsp3) is 0.208. The van der Waals surface area contributed by atoms with Gasteiger partial charge >= 0.3 is 5.97 Å². The van der Waals surface area contributed by atoms with Crippen LogP contribution in [0.3, 0.4) is 0 Å². The number of carbonyl (C=O) groups is 1. The summed E-state index contributed by atoms with van der Waals surface area (Å²) in [5.74, 6) is 0.822. The predicted molar refractivity (Wildman–Crippen MR) is 131 cm³/mol. The molecular weight excluding hydrogens is 517 g/mol. The first-order valence-electron chi connectivity index (χ1n) is 9.86. The van der Waals surface area contributed by atoms with Gasteiger partial charge in [0.05, 0.1) is 19.3 Å². The molecule has 0 atom stereocenters. The van der Waals surface area contributed by atoms with Crippen molar-refractivity contribution in [1.29, 1.82) is 0 Å². The summed E-state index contributed by atoms with van der Waals surface area (Å²) < 4.78 is 17.5. The minimum Gasteiger partial charge on any atom is -0.493 e. The molecule has 3 aromatic carbocycles. The van der Waals surface area contributed by atoms with Crippen molar-refractivity contribution in [2.45, 2.75) is 20.1 Å². The van der Waals surface area contributed by atoms with Crippen LogP contribution in [0.5, 0.6) is 11.5 Å². The van der Waals surface area contributed by atoms with Crippen LogP contribution in [0.15, 0.2) is 59.1 Å². The Kier molecular flexibility index (Phi) is 8.67. The van der Waals surface area contributed by atoms with E-state index in [9.17, 15) is 4.79 Å². The number of rotatable bonds is 9. The number of esters is 1. The van der Waals surface area contributed by atoms with Crippen LogP contribution in [0.1, 0.15) is 28.4 Å². The van der Waals surface area contributed by atoms with Crippen molar-refractivity contribution in [3.8, 4) is 11.5 Å². The molecule has 0 saturated carbocycles. The van der Waals surface area contributed by atoms with Crippen molar-refractivity contribution < 1.29 is 19.0 Å². The third-order valence-electron chi connectivity index (χ3n) is 4.67. The van der Waals surface area contributed by atoms with Gasteiger partial charge in [0.2, 0.25) is 0 Å². The molecule has 0 amide bonds. The molecule has 3 aromatic rings. The van der Waals surface area contributed by atoms with Gasteiger partial charge in [0.25, 0.3) is 0 Å². The fourth-order valence-corrected chi connectivity index (χ4v) is 3.97. The molecule has 0 bridgehead atoms. The molecule has 0 heterocycles. The van der Waals surface area contributed by atoms with Gasteiger partial charge in [-0.05, 0) is 55.5 Å². The Balaban J connectivity index is 1.79. The van der Waals surface area contributed by atoms with Crippen LogP contribution in [-0.4, -0.2) is 19.7 Å². The second kappa shape index (κ2) is 11.5. The molecular formula is C24H22BrCl2NO4. The monoisotopic (exact) mass is 537 g/mol. The number of methoxy groups -OCH3 is 1. The van der Waals surface area contributed by atoms with Gasteiger partial charge in [-0.1, -0.05) is 45.2 Å². The Morgan fingerprint density at radius 2 is 1.69 bits per heavy atom. The molecule has 0 unspecified atom stereocenters. The first-order chi connectivity index (χ1) is 15.4. The lowest BCUT2D eigenvalue weighted by molar-refractivity contribution is 0.0526. The van der Waals surface area contributed by atoms with Gasteiger partial charge < -0.3 is 19.5 Å². The second-order valence-electron chi connectivity index (χ2n) is 6.70. The normalized spacial score (nSPS) is 10.5. The van der Waals surface area contributed by atoms with Crippen LogP contribution in [0.2, 0.25) is 10.0 Å². The average Bonchev–Trinajstić information content (AvgIpc) is 2.79. The van der Waals surface area contributed by atoms with Crippen molar-refractivity contribution in [1.82, 2.24) is 0 Å². The number of carbonyl (C=O) groups excluding carboxylic acids is 1. The average molecular weight is 539 g/mol. The zero-order chi connectivity index (χ0) is 23.1. The quantitative estimate of drug-likeness (QED) is 0.293. The van der Waals surface area contributed by atoms with Gasteiger partial charge in [-0.3, -0.25) is 0 Å². The lowest BCUT2D eigenvalue weighted by atomic mass is 10.1. The third kappa shape index (κ3) is 5.88. The molecule has 0 spiro atoms. The zero-order valence-corrected chi connectivity index (χ0v) is 20.7.